The van der Waals surface area contributed by atoms with Crippen LogP contribution in [0.5, 0.6) is 0 Å². The first kappa shape index (κ1) is 9.95. The van der Waals surface area contributed by atoms with E-state index in [1.54, 1.807) is 0 Å². The first-order valence-electron chi connectivity index (χ1n) is 5.33. The molecule has 0 spiro atoms. The highest BCUT2D eigenvalue weighted by molar-refractivity contribution is 6.42. The van der Waals surface area contributed by atoms with Gasteiger partial charge in [0.05, 0.1) is 10.0 Å². The zero-order valence-corrected chi connectivity index (χ0v) is 9.85. The van der Waals surface area contributed by atoms with Gasteiger partial charge in [0.15, 0.2) is 0 Å². The van der Waals surface area contributed by atoms with Crippen LogP contribution in [0.4, 0.5) is 0 Å². The van der Waals surface area contributed by atoms with E-state index in [0.717, 1.165) is 12.3 Å². The van der Waals surface area contributed by atoms with Gasteiger partial charge < -0.3 is 5.73 Å². The quantitative estimate of drug-likeness (QED) is 0.802. The van der Waals surface area contributed by atoms with E-state index in [1.165, 1.54) is 18.4 Å². The van der Waals surface area contributed by atoms with Gasteiger partial charge in [0.2, 0.25) is 0 Å². The smallest absolute Gasteiger partial charge is 0.0595 e. The number of benzene rings is 1. The van der Waals surface area contributed by atoms with Gasteiger partial charge in [-0.05, 0) is 42.9 Å². The lowest BCUT2D eigenvalue weighted by atomic mass is 9.92. The van der Waals surface area contributed by atoms with Crippen molar-refractivity contribution in [2.75, 3.05) is 0 Å². The summed E-state index contributed by atoms with van der Waals surface area (Å²) < 4.78 is 0. The normalized spacial score (nSPS) is 37.8. The van der Waals surface area contributed by atoms with Crippen molar-refractivity contribution in [1.29, 1.82) is 0 Å². The molecule has 0 saturated heterocycles. The predicted octanol–water partition coefficient (Wildman–Crippen LogP) is 3.37. The molecule has 2 N–H and O–H groups in total. The molecule has 80 valence electrons. The Kier molecular flexibility index (Phi) is 2.08. The molecule has 0 amide bonds. The van der Waals surface area contributed by atoms with E-state index >= 15 is 0 Å². The summed E-state index contributed by atoms with van der Waals surface area (Å²) in [6, 6.07) is 6.39. The largest absolute Gasteiger partial charge is 0.328 e. The van der Waals surface area contributed by atoms with Crippen LogP contribution in [-0.2, 0) is 5.41 Å². The van der Waals surface area contributed by atoms with Gasteiger partial charge in [0.25, 0.3) is 0 Å². The van der Waals surface area contributed by atoms with Crippen molar-refractivity contribution in [3.8, 4) is 0 Å². The maximum absolute atomic E-state index is 6.05. The number of hydrogen-bond acceptors (Lipinski definition) is 1. The van der Waals surface area contributed by atoms with Crippen molar-refractivity contribution >= 4 is 23.2 Å². The van der Waals surface area contributed by atoms with Crippen molar-refractivity contribution < 1.29 is 0 Å². The molecule has 2 aliphatic carbocycles. The summed E-state index contributed by atoms with van der Waals surface area (Å²) in [4.78, 5) is 0. The highest BCUT2D eigenvalue weighted by Crippen LogP contribution is 2.64. The summed E-state index contributed by atoms with van der Waals surface area (Å²) in [5, 5.41) is 1.30. The molecule has 2 aliphatic rings. The van der Waals surface area contributed by atoms with Crippen LogP contribution >= 0.6 is 23.2 Å². The SMILES string of the molecule is NC1CC2C[C@]2(c2ccc(Cl)c(Cl)c2)C1. The lowest BCUT2D eigenvalue weighted by Gasteiger charge is -2.15. The fraction of sp³-hybridized carbons (Fsp3) is 0.500. The third kappa shape index (κ3) is 1.41. The zero-order chi connectivity index (χ0) is 10.6. The highest BCUT2D eigenvalue weighted by Gasteiger charge is 2.60. The Morgan fingerprint density at radius 2 is 2.00 bits per heavy atom. The summed E-state index contributed by atoms with van der Waals surface area (Å²) in [5.74, 6) is 0.782. The Labute approximate surface area is 99.6 Å². The zero-order valence-electron chi connectivity index (χ0n) is 8.34. The minimum absolute atomic E-state index is 0.341. The third-order valence-electron chi connectivity index (χ3n) is 3.94. The minimum Gasteiger partial charge on any atom is -0.328 e. The lowest BCUT2D eigenvalue weighted by Crippen LogP contribution is -2.20. The molecular weight excluding hydrogens is 229 g/mol. The van der Waals surface area contributed by atoms with Crippen LogP contribution in [0.15, 0.2) is 18.2 Å². The Morgan fingerprint density at radius 3 is 2.60 bits per heavy atom. The number of rotatable bonds is 1. The summed E-state index contributed by atoms with van der Waals surface area (Å²) in [6.07, 6.45) is 3.55. The fourth-order valence-corrected chi connectivity index (χ4v) is 3.43. The van der Waals surface area contributed by atoms with E-state index in [-0.39, 0.29) is 0 Å². The summed E-state index contributed by atoms with van der Waals surface area (Å²) >= 11 is 12.0. The van der Waals surface area contributed by atoms with Gasteiger partial charge >= 0.3 is 0 Å². The van der Waals surface area contributed by atoms with Gasteiger partial charge in [0.1, 0.15) is 0 Å². The number of fused-ring (bicyclic) bond motifs is 1. The first-order chi connectivity index (χ1) is 7.12. The molecule has 0 bridgehead atoms. The second-order valence-corrected chi connectivity index (χ2v) is 5.70. The van der Waals surface area contributed by atoms with Crippen molar-refractivity contribution in [3.63, 3.8) is 0 Å². The number of halogens is 2. The Balaban J connectivity index is 1.97. The van der Waals surface area contributed by atoms with Gasteiger partial charge in [-0.25, -0.2) is 0 Å². The standard InChI is InChI=1S/C12H13Cl2N/c13-10-2-1-7(4-11(10)14)12-5-8(12)3-9(15)6-12/h1-2,4,8-9H,3,5-6,15H2/t8?,9?,12-/m1/s1. The van der Waals surface area contributed by atoms with Crippen LogP contribution in [0.2, 0.25) is 10.0 Å². The molecule has 15 heavy (non-hydrogen) atoms. The van der Waals surface area contributed by atoms with Crippen LogP contribution in [-0.4, -0.2) is 6.04 Å². The Bertz CT molecular complexity index is 418. The molecule has 1 aromatic carbocycles. The average molecular weight is 242 g/mol. The maximum Gasteiger partial charge on any atom is 0.0595 e. The average Bonchev–Trinajstić information content (AvgIpc) is 2.75. The van der Waals surface area contributed by atoms with Crippen LogP contribution in [0.3, 0.4) is 0 Å². The molecule has 1 nitrogen and oxygen atoms in total. The van der Waals surface area contributed by atoms with E-state index in [0.29, 0.717) is 21.5 Å². The highest BCUT2D eigenvalue weighted by atomic mass is 35.5. The Morgan fingerprint density at radius 1 is 1.20 bits per heavy atom. The predicted molar refractivity (Wildman–Crippen MR) is 63.5 cm³/mol. The lowest BCUT2D eigenvalue weighted by molar-refractivity contribution is 0.583. The van der Waals surface area contributed by atoms with E-state index < -0.39 is 0 Å². The third-order valence-corrected chi connectivity index (χ3v) is 4.68. The molecular formula is C12H13Cl2N. The second kappa shape index (κ2) is 3.13. The summed E-state index contributed by atoms with van der Waals surface area (Å²) in [7, 11) is 0. The monoisotopic (exact) mass is 241 g/mol. The molecule has 0 heterocycles. The fourth-order valence-electron chi connectivity index (χ4n) is 3.13. The topological polar surface area (TPSA) is 26.0 Å². The molecule has 2 fully saturated rings. The molecule has 3 heteroatoms. The molecule has 0 radical (unpaired) electrons. The minimum atomic E-state index is 0.341. The number of hydrogen-bond donors (Lipinski definition) is 1. The summed E-state index contributed by atoms with van der Waals surface area (Å²) in [5.41, 5.74) is 7.66. The van der Waals surface area contributed by atoms with Gasteiger partial charge in [-0.15, -0.1) is 0 Å². The van der Waals surface area contributed by atoms with E-state index in [1.807, 2.05) is 12.1 Å². The molecule has 2 unspecified atom stereocenters. The van der Waals surface area contributed by atoms with Gasteiger partial charge in [-0.1, -0.05) is 29.3 Å². The second-order valence-electron chi connectivity index (χ2n) is 4.89. The van der Waals surface area contributed by atoms with Gasteiger partial charge in [-0.2, -0.15) is 0 Å². The van der Waals surface area contributed by atoms with Crippen LogP contribution in [0.25, 0.3) is 0 Å². The van der Waals surface area contributed by atoms with Gasteiger partial charge in [-0.3, -0.25) is 0 Å². The molecule has 2 saturated carbocycles. The van der Waals surface area contributed by atoms with Crippen LogP contribution in [0.1, 0.15) is 24.8 Å². The molecule has 3 atom stereocenters. The van der Waals surface area contributed by atoms with E-state index in [9.17, 15) is 0 Å². The van der Waals surface area contributed by atoms with Crippen LogP contribution < -0.4 is 5.73 Å². The van der Waals surface area contributed by atoms with Gasteiger partial charge in [0, 0.05) is 11.5 Å². The van der Waals surface area contributed by atoms with E-state index in [4.69, 9.17) is 28.9 Å². The Hall–Kier alpha value is -0.240. The van der Waals surface area contributed by atoms with Crippen LogP contribution in [0, 0.1) is 5.92 Å². The van der Waals surface area contributed by atoms with Crippen molar-refractivity contribution in [2.24, 2.45) is 11.7 Å². The van der Waals surface area contributed by atoms with E-state index in [2.05, 4.69) is 6.07 Å². The summed E-state index contributed by atoms with van der Waals surface area (Å²) in [6.45, 7) is 0. The molecule has 3 rings (SSSR count). The maximum atomic E-state index is 6.05. The molecule has 0 aliphatic heterocycles. The first-order valence-corrected chi connectivity index (χ1v) is 6.08. The number of nitrogens with two attached hydrogens (primary N) is 1. The van der Waals surface area contributed by atoms with Crippen molar-refractivity contribution in [3.05, 3.63) is 33.8 Å². The molecule has 0 aromatic heterocycles. The molecule has 1 aromatic rings. The van der Waals surface area contributed by atoms with Crippen molar-refractivity contribution in [1.82, 2.24) is 0 Å². The van der Waals surface area contributed by atoms with Crippen molar-refractivity contribution in [2.45, 2.75) is 30.7 Å².